The van der Waals surface area contributed by atoms with E-state index in [1.165, 1.54) is 6.07 Å². The topological polar surface area (TPSA) is 42.2 Å². The third-order valence-electron chi connectivity index (χ3n) is 3.84. The van der Waals surface area contributed by atoms with Gasteiger partial charge in [0.2, 0.25) is 11.7 Å². The van der Waals surface area contributed by atoms with Gasteiger partial charge in [0.05, 0.1) is 10.8 Å². The summed E-state index contributed by atoms with van der Waals surface area (Å²) in [6, 6.07) is 10.8. The summed E-state index contributed by atoms with van der Waals surface area (Å²) in [6.07, 6.45) is 0. The Kier molecular flexibility index (Phi) is 3.48. The first kappa shape index (κ1) is 13.6. The molecule has 4 nitrogen and oxygen atoms in total. The predicted molar refractivity (Wildman–Crippen MR) is 82.0 cm³/mol. The van der Waals surface area contributed by atoms with E-state index in [0.717, 1.165) is 23.5 Å². The average molecular weight is 315 g/mol. The van der Waals surface area contributed by atoms with Gasteiger partial charge in [0.25, 0.3) is 0 Å². The van der Waals surface area contributed by atoms with Crippen molar-refractivity contribution in [2.45, 2.75) is 12.5 Å². The van der Waals surface area contributed by atoms with Gasteiger partial charge in [-0.2, -0.15) is 4.98 Å². The van der Waals surface area contributed by atoms with Gasteiger partial charge in [0, 0.05) is 25.2 Å². The fraction of sp³-hybridized carbons (Fsp3) is 0.250. The highest BCUT2D eigenvalue weighted by atomic mass is 32.1. The van der Waals surface area contributed by atoms with Crippen molar-refractivity contribution in [2.24, 2.45) is 0 Å². The third-order valence-corrected chi connectivity index (χ3v) is 4.71. The summed E-state index contributed by atoms with van der Waals surface area (Å²) in [6.45, 7) is 2.26. The molecular formula is C16H14FN3OS. The van der Waals surface area contributed by atoms with E-state index in [-0.39, 0.29) is 11.7 Å². The molecule has 0 radical (unpaired) electrons. The second-order valence-electron chi connectivity index (χ2n) is 5.42. The first-order chi connectivity index (χ1) is 10.8. The Morgan fingerprint density at radius 3 is 2.86 bits per heavy atom. The van der Waals surface area contributed by atoms with Crippen LogP contribution >= 0.6 is 11.3 Å². The van der Waals surface area contributed by atoms with Crippen LogP contribution in [-0.4, -0.2) is 28.1 Å². The van der Waals surface area contributed by atoms with E-state index in [0.29, 0.717) is 18.3 Å². The number of thiophene rings is 1. The summed E-state index contributed by atoms with van der Waals surface area (Å²) in [5.41, 5.74) is 0.728. The molecule has 0 atom stereocenters. The van der Waals surface area contributed by atoms with Crippen LogP contribution in [0.2, 0.25) is 0 Å². The SMILES string of the molecule is Fc1ccccc1CN1CC(c2nc(-c3cccs3)no2)C1. The number of benzene rings is 1. The molecule has 0 spiro atoms. The Morgan fingerprint density at radius 2 is 2.09 bits per heavy atom. The highest BCUT2D eigenvalue weighted by Gasteiger charge is 2.33. The lowest BCUT2D eigenvalue weighted by molar-refractivity contribution is 0.116. The van der Waals surface area contributed by atoms with Crippen LogP contribution in [0.3, 0.4) is 0 Å². The Morgan fingerprint density at radius 1 is 1.23 bits per heavy atom. The highest BCUT2D eigenvalue weighted by molar-refractivity contribution is 7.13. The van der Waals surface area contributed by atoms with Crippen molar-refractivity contribution in [3.63, 3.8) is 0 Å². The van der Waals surface area contributed by atoms with E-state index in [2.05, 4.69) is 15.0 Å². The van der Waals surface area contributed by atoms with Crippen LogP contribution in [0.15, 0.2) is 46.3 Å². The van der Waals surface area contributed by atoms with Gasteiger partial charge in [-0.15, -0.1) is 11.3 Å². The summed E-state index contributed by atoms with van der Waals surface area (Å²) in [5.74, 6) is 1.42. The predicted octanol–water partition coefficient (Wildman–Crippen LogP) is 3.54. The van der Waals surface area contributed by atoms with Crippen molar-refractivity contribution < 1.29 is 8.91 Å². The molecule has 4 rings (SSSR count). The molecule has 3 heterocycles. The van der Waals surface area contributed by atoms with Crippen molar-refractivity contribution in [1.82, 2.24) is 15.0 Å². The molecule has 112 valence electrons. The van der Waals surface area contributed by atoms with E-state index in [1.807, 2.05) is 29.6 Å². The zero-order valence-corrected chi connectivity index (χ0v) is 12.6. The second-order valence-corrected chi connectivity index (χ2v) is 6.36. The van der Waals surface area contributed by atoms with E-state index < -0.39 is 0 Å². The maximum Gasteiger partial charge on any atom is 0.232 e. The quantitative estimate of drug-likeness (QED) is 0.738. The molecule has 1 aliphatic rings. The van der Waals surface area contributed by atoms with E-state index >= 15 is 0 Å². The summed E-state index contributed by atoms with van der Waals surface area (Å²) < 4.78 is 19.0. The van der Waals surface area contributed by atoms with Gasteiger partial charge in [-0.25, -0.2) is 4.39 Å². The standard InChI is InChI=1S/C16H14FN3OS/c17-13-5-2-1-4-11(13)8-20-9-12(10-20)16-18-15(19-21-16)14-6-3-7-22-14/h1-7,12H,8-10H2. The number of aromatic nitrogens is 2. The van der Waals surface area contributed by atoms with Crippen LogP contribution in [0.4, 0.5) is 4.39 Å². The molecule has 2 aromatic heterocycles. The monoisotopic (exact) mass is 315 g/mol. The summed E-state index contributed by atoms with van der Waals surface area (Å²) in [4.78, 5) is 7.66. The molecule has 1 aliphatic heterocycles. The summed E-state index contributed by atoms with van der Waals surface area (Å²) in [7, 11) is 0. The van der Waals surface area contributed by atoms with Crippen LogP contribution in [-0.2, 0) is 6.54 Å². The van der Waals surface area contributed by atoms with Crippen molar-refractivity contribution >= 4 is 11.3 Å². The molecule has 1 aromatic carbocycles. The van der Waals surface area contributed by atoms with Gasteiger partial charge in [-0.3, -0.25) is 4.90 Å². The zero-order valence-electron chi connectivity index (χ0n) is 11.8. The van der Waals surface area contributed by atoms with E-state index in [1.54, 1.807) is 17.4 Å². The minimum Gasteiger partial charge on any atom is -0.339 e. The van der Waals surface area contributed by atoms with Gasteiger partial charge >= 0.3 is 0 Å². The van der Waals surface area contributed by atoms with Gasteiger partial charge in [-0.05, 0) is 17.5 Å². The number of hydrogen-bond acceptors (Lipinski definition) is 5. The zero-order chi connectivity index (χ0) is 14.9. The van der Waals surface area contributed by atoms with Crippen molar-refractivity contribution in [1.29, 1.82) is 0 Å². The lowest BCUT2D eigenvalue weighted by atomic mass is 9.99. The van der Waals surface area contributed by atoms with E-state index in [9.17, 15) is 4.39 Å². The third kappa shape index (κ3) is 2.55. The molecular weight excluding hydrogens is 301 g/mol. The van der Waals surface area contributed by atoms with Crippen LogP contribution in [0.25, 0.3) is 10.7 Å². The number of halogens is 1. The molecule has 22 heavy (non-hydrogen) atoms. The number of rotatable bonds is 4. The Labute approximate surface area is 131 Å². The van der Waals surface area contributed by atoms with E-state index in [4.69, 9.17) is 4.52 Å². The fourth-order valence-electron chi connectivity index (χ4n) is 2.63. The average Bonchev–Trinajstić information content (AvgIpc) is 3.15. The molecule has 3 aromatic rings. The maximum absolute atomic E-state index is 13.6. The lowest BCUT2D eigenvalue weighted by Crippen LogP contribution is -2.44. The molecule has 0 aliphatic carbocycles. The van der Waals surface area contributed by atoms with Crippen LogP contribution in [0.1, 0.15) is 17.4 Å². The number of likely N-dealkylation sites (tertiary alicyclic amines) is 1. The minimum atomic E-state index is -0.149. The van der Waals surface area contributed by atoms with Gasteiger partial charge in [0.15, 0.2) is 0 Å². The molecule has 0 amide bonds. The summed E-state index contributed by atoms with van der Waals surface area (Å²) in [5, 5.41) is 6.02. The van der Waals surface area contributed by atoms with Crippen LogP contribution in [0.5, 0.6) is 0 Å². The molecule has 6 heteroatoms. The molecule has 0 N–H and O–H groups in total. The number of nitrogens with zero attached hydrogens (tertiary/aromatic N) is 3. The normalized spacial score (nSPS) is 15.9. The minimum absolute atomic E-state index is 0.149. The second kappa shape index (κ2) is 5.62. The van der Waals surface area contributed by atoms with Gasteiger partial charge in [0.1, 0.15) is 5.82 Å². The smallest absolute Gasteiger partial charge is 0.232 e. The van der Waals surface area contributed by atoms with Gasteiger partial charge in [-0.1, -0.05) is 29.4 Å². The van der Waals surface area contributed by atoms with Crippen molar-refractivity contribution in [3.05, 3.63) is 59.0 Å². The Bertz CT molecular complexity index is 765. The van der Waals surface area contributed by atoms with Crippen LogP contribution < -0.4 is 0 Å². The molecule has 0 bridgehead atoms. The Hall–Kier alpha value is -2.05. The molecule has 1 saturated heterocycles. The molecule has 0 saturated carbocycles. The largest absolute Gasteiger partial charge is 0.339 e. The molecule has 0 unspecified atom stereocenters. The van der Waals surface area contributed by atoms with Gasteiger partial charge < -0.3 is 4.52 Å². The van der Waals surface area contributed by atoms with Crippen LogP contribution in [0, 0.1) is 5.82 Å². The van der Waals surface area contributed by atoms with Crippen molar-refractivity contribution in [2.75, 3.05) is 13.1 Å². The first-order valence-electron chi connectivity index (χ1n) is 7.13. The fourth-order valence-corrected chi connectivity index (χ4v) is 3.28. The maximum atomic E-state index is 13.6. The number of hydrogen-bond donors (Lipinski definition) is 0. The summed E-state index contributed by atoms with van der Waals surface area (Å²) >= 11 is 1.59. The lowest BCUT2D eigenvalue weighted by Gasteiger charge is -2.37. The Balaban J connectivity index is 1.38. The first-order valence-corrected chi connectivity index (χ1v) is 8.01. The molecule has 1 fully saturated rings. The highest BCUT2D eigenvalue weighted by Crippen LogP contribution is 2.30. The van der Waals surface area contributed by atoms with Crippen molar-refractivity contribution in [3.8, 4) is 10.7 Å².